The molecule has 0 atom stereocenters. The zero-order chi connectivity index (χ0) is 11.7. The average Bonchev–Trinajstić information content (AvgIpc) is 2.47. The number of benzene rings is 1. The van der Waals surface area contributed by atoms with Crippen LogP contribution in [-0.2, 0) is 6.54 Å². The lowest BCUT2D eigenvalue weighted by Crippen LogP contribution is -2.03. The van der Waals surface area contributed by atoms with Gasteiger partial charge >= 0.3 is 0 Å². The van der Waals surface area contributed by atoms with Crippen LogP contribution in [0.3, 0.4) is 0 Å². The summed E-state index contributed by atoms with van der Waals surface area (Å²) in [7, 11) is 0. The van der Waals surface area contributed by atoms with E-state index in [9.17, 15) is 0 Å². The maximum atomic E-state index is 5.96. The van der Waals surface area contributed by atoms with Crippen molar-refractivity contribution in [2.45, 2.75) is 27.3 Å². The van der Waals surface area contributed by atoms with Crippen molar-refractivity contribution in [3.05, 3.63) is 51.8 Å². The highest BCUT2D eigenvalue weighted by molar-refractivity contribution is 6.30. The summed E-state index contributed by atoms with van der Waals surface area (Å²) in [4.78, 5) is 0. The quantitative estimate of drug-likeness (QED) is 0.778. The zero-order valence-electron chi connectivity index (χ0n) is 9.79. The standard InChI is InChI=1S/C13H15ClN2/c1-9-10(2)15-16(11(9)3)8-12-5-4-6-13(14)7-12/h4-7H,8H2,1-3H3. The molecule has 0 amide bonds. The molecule has 0 N–H and O–H groups in total. The molecule has 1 heterocycles. The van der Waals surface area contributed by atoms with Crippen LogP contribution in [0.2, 0.25) is 5.02 Å². The molecule has 16 heavy (non-hydrogen) atoms. The van der Waals surface area contributed by atoms with Gasteiger partial charge in [0.15, 0.2) is 0 Å². The summed E-state index contributed by atoms with van der Waals surface area (Å²) in [6.45, 7) is 7.02. The van der Waals surface area contributed by atoms with Crippen LogP contribution in [0.5, 0.6) is 0 Å². The molecule has 0 spiro atoms. The molecule has 2 aromatic rings. The summed E-state index contributed by atoms with van der Waals surface area (Å²) < 4.78 is 2.02. The lowest BCUT2D eigenvalue weighted by molar-refractivity contribution is 0.658. The number of aryl methyl sites for hydroxylation is 1. The van der Waals surface area contributed by atoms with Crippen molar-refractivity contribution in [2.75, 3.05) is 0 Å². The Hall–Kier alpha value is -1.28. The van der Waals surface area contributed by atoms with Crippen LogP contribution in [0.15, 0.2) is 24.3 Å². The normalized spacial score (nSPS) is 10.8. The number of hydrogen-bond donors (Lipinski definition) is 0. The van der Waals surface area contributed by atoms with Gasteiger partial charge in [-0.15, -0.1) is 0 Å². The van der Waals surface area contributed by atoms with E-state index in [2.05, 4.69) is 25.0 Å². The van der Waals surface area contributed by atoms with Crippen molar-refractivity contribution in [2.24, 2.45) is 0 Å². The summed E-state index contributed by atoms with van der Waals surface area (Å²) >= 11 is 5.96. The van der Waals surface area contributed by atoms with Gasteiger partial charge in [0.2, 0.25) is 0 Å². The average molecular weight is 235 g/mol. The van der Waals surface area contributed by atoms with Crippen molar-refractivity contribution in [1.29, 1.82) is 0 Å². The summed E-state index contributed by atoms with van der Waals surface area (Å²) in [5, 5.41) is 5.28. The first-order valence-corrected chi connectivity index (χ1v) is 5.71. The van der Waals surface area contributed by atoms with Crippen LogP contribution in [0.4, 0.5) is 0 Å². The minimum atomic E-state index is 0.774. The van der Waals surface area contributed by atoms with Crippen LogP contribution in [0.25, 0.3) is 0 Å². The van der Waals surface area contributed by atoms with E-state index in [0.717, 1.165) is 17.3 Å². The third-order valence-electron chi connectivity index (χ3n) is 2.96. The van der Waals surface area contributed by atoms with Gasteiger partial charge in [0.25, 0.3) is 0 Å². The van der Waals surface area contributed by atoms with Crippen LogP contribution < -0.4 is 0 Å². The first-order chi connectivity index (χ1) is 7.58. The highest BCUT2D eigenvalue weighted by Crippen LogP contribution is 2.15. The molecule has 0 fully saturated rings. The molecule has 0 saturated heterocycles. The summed E-state index contributed by atoms with van der Waals surface area (Å²) in [5.41, 5.74) is 4.76. The molecule has 0 radical (unpaired) electrons. The van der Waals surface area contributed by atoms with Gasteiger partial charge in [-0.3, -0.25) is 4.68 Å². The number of nitrogens with zero attached hydrogens (tertiary/aromatic N) is 2. The topological polar surface area (TPSA) is 17.8 Å². The molecule has 2 nitrogen and oxygen atoms in total. The van der Waals surface area contributed by atoms with Gasteiger partial charge in [0.05, 0.1) is 12.2 Å². The third kappa shape index (κ3) is 2.12. The van der Waals surface area contributed by atoms with E-state index < -0.39 is 0 Å². The molecule has 3 heteroatoms. The minimum absolute atomic E-state index is 0.774. The molecule has 1 aromatic carbocycles. The lowest BCUT2D eigenvalue weighted by atomic mass is 10.2. The summed E-state index contributed by atoms with van der Waals surface area (Å²) in [5.74, 6) is 0. The maximum Gasteiger partial charge on any atom is 0.0663 e. The zero-order valence-corrected chi connectivity index (χ0v) is 10.5. The molecule has 0 aliphatic rings. The minimum Gasteiger partial charge on any atom is -0.265 e. The fraction of sp³-hybridized carbons (Fsp3) is 0.308. The van der Waals surface area contributed by atoms with Crippen molar-refractivity contribution < 1.29 is 0 Å². The number of aromatic nitrogens is 2. The molecule has 2 rings (SSSR count). The molecular weight excluding hydrogens is 220 g/mol. The summed E-state index contributed by atoms with van der Waals surface area (Å²) in [6, 6.07) is 7.90. The van der Waals surface area contributed by atoms with Gasteiger partial charge in [-0.2, -0.15) is 5.10 Å². The second-order valence-electron chi connectivity index (χ2n) is 4.08. The van der Waals surface area contributed by atoms with Gasteiger partial charge in [-0.05, 0) is 44.0 Å². The molecule has 0 aliphatic carbocycles. The number of halogens is 1. The van der Waals surface area contributed by atoms with Crippen molar-refractivity contribution in [3.63, 3.8) is 0 Å². The van der Waals surface area contributed by atoms with Crippen LogP contribution in [-0.4, -0.2) is 9.78 Å². The van der Waals surface area contributed by atoms with Gasteiger partial charge < -0.3 is 0 Å². The van der Waals surface area contributed by atoms with Crippen LogP contribution in [0.1, 0.15) is 22.5 Å². The Morgan fingerprint density at radius 2 is 2.00 bits per heavy atom. The van der Waals surface area contributed by atoms with Crippen molar-refractivity contribution >= 4 is 11.6 Å². The van der Waals surface area contributed by atoms with Gasteiger partial charge in [-0.25, -0.2) is 0 Å². The SMILES string of the molecule is Cc1nn(Cc2cccc(Cl)c2)c(C)c1C. The Kier molecular flexibility index (Phi) is 3.01. The highest BCUT2D eigenvalue weighted by atomic mass is 35.5. The Balaban J connectivity index is 2.30. The predicted molar refractivity (Wildman–Crippen MR) is 67.0 cm³/mol. The van der Waals surface area contributed by atoms with Gasteiger partial charge in [0, 0.05) is 10.7 Å². The Morgan fingerprint density at radius 3 is 2.56 bits per heavy atom. The largest absolute Gasteiger partial charge is 0.265 e. The molecule has 0 aliphatic heterocycles. The first-order valence-electron chi connectivity index (χ1n) is 5.33. The summed E-state index contributed by atoms with van der Waals surface area (Å²) in [6.07, 6.45) is 0. The second-order valence-corrected chi connectivity index (χ2v) is 4.52. The van der Waals surface area contributed by atoms with E-state index in [4.69, 9.17) is 11.6 Å². The van der Waals surface area contributed by atoms with Crippen LogP contribution >= 0.6 is 11.6 Å². The van der Waals surface area contributed by atoms with E-state index >= 15 is 0 Å². The van der Waals surface area contributed by atoms with Crippen LogP contribution in [0, 0.1) is 20.8 Å². The third-order valence-corrected chi connectivity index (χ3v) is 3.20. The molecular formula is C13H15ClN2. The molecule has 84 valence electrons. The smallest absolute Gasteiger partial charge is 0.0663 e. The fourth-order valence-corrected chi connectivity index (χ4v) is 1.96. The van der Waals surface area contributed by atoms with E-state index in [1.807, 2.05) is 29.8 Å². The first kappa shape index (κ1) is 11.2. The molecule has 1 aromatic heterocycles. The number of hydrogen-bond acceptors (Lipinski definition) is 1. The van der Waals surface area contributed by atoms with E-state index in [0.29, 0.717) is 0 Å². The van der Waals surface area contributed by atoms with Gasteiger partial charge in [0.1, 0.15) is 0 Å². The monoisotopic (exact) mass is 234 g/mol. The Labute approximate surface area is 101 Å². The lowest BCUT2D eigenvalue weighted by Gasteiger charge is -2.05. The highest BCUT2D eigenvalue weighted by Gasteiger charge is 2.07. The van der Waals surface area contributed by atoms with Crippen molar-refractivity contribution in [1.82, 2.24) is 9.78 Å². The fourth-order valence-electron chi connectivity index (χ4n) is 1.75. The maximum absolute atomic E-state index is 5.96. The van der Waals surface area contributed by atoms with E-state index in [1.165, 1.54) is 16.8 Å². The van der Waals surface area contributed by atoms with E-state index in [-0.39, 0.29) is 0 Å². The van der Waals surface area contributed by atoms with Gasteiger partial charge in [-0.1, -0.05) is 23.7 Å². The van der Waals surface area contributed by atoms with E-state index in [1.54, 1.807) is 0 Å². The molecule has 0 saturated carbocycles. The predicted octanol–water partition coefficient (Wildman–Crippen LogP) is 3.51. The number of rotatable bonds is 2. The molecule has 0 bridgehead atoms. The Morgan fingerprint density at radius 1 is 1.25 bits per heavy atom. The Bertz CT molecular complexity index is 515. The second kappa shape index (κ2) is 4.30. The van der Waals surface area contributed by atoms with Crippen molar-refractivity contribution in [3.8, 4) is 0 Å². The molecule has 0 unspecified atom stereocenters.